The zero-order valence-corrected chi connectivity index (χ0v) is 13.3. The van der Waals surface area contributed by atoms with E-state index in [0.29, 0.717) is 10.8 Å². The summed E-state index contributed by atoms with van der Waals surface area (Å²) in [6.07, 6.45) is 8.49. The van der Waals surface area contributed by atoms with Crippen molar-refractivity contribution in [3.63, 3.8) is 0 Å². The van der Waals surface area contributed by atoms with Crippen LogP contribution in [0.2, 0.25) is 0 Å². The number of hydrogen-bond donors (Lipinski definition) is 0. The first kappa shape index (κ1) is 14.4. The molecule has 2 atom stereocenters. The summed E-state index contributed by atoms with van der Waals surface area (Å²) in [7, 11) is 0. The molecule has 1 nitrogen and oxygen atoms in total. The van der Waals surface area contributed by atoms with Crippen LogP contribution in [0.4, 0.5) is 0 Å². The molecule has 2 rings (SSSR count). The maximum atomic E-state index is 2.82. The second-order valence-electron chi connectivity index (χ2n) is 8.27. The Morgan fingerprint density at radius 2 is 1.83 bits per heavy atom. The quantitative estimate of drug-likeness (QED) is 0.687. The van der Waals surface area contributed by atoms with Crippen LogP contribution in [-0.2, 0) is 0 Å². The van der Waals surface area contributed by atoms with Crippen LogP contribution in [0.25, 0.3) is 0 Å². The van der Waals surface area contributed by atoms with E-state index in [0.717, 1.165) is 12.0 Å². The normalized spacial score (nSPS) is 36.5. The van der Waals surface area contributed by atoms with Gasteiger partial charge in [0.05, 0.1) is 0 Å². The van der Waals surface area contributed by atoms with Gasteiger partial charge in [-0.3, -0.25) is 4.90 Å². The van der Waals surface area contributed by atoms with Gasteiger partial charge in [0.2, 0.25) is 0 Å². The first-order valence-electron chi connectivity index (χ1n) is 8.08. The van der Waals surface area contributed by atoms with Gasteiger partial charge in [-0.25, -0.2) is 0 Å². The Morgan fingerprint density at radius 3 is 2.39 bits per heavy atom. The van der Waals surface area contributed by atoms with Crippen LogP contribution in [0.5, 0.6) is 0 Å². The zero-order chi connectivity index (χ0) is 13.4. The zero-order valence-electron chi connectivity index (χ0n) is 13.3. The highest BCUT2D eigenvalue weighted by atomic mass is 15.2. The predicted molar refractivity (Wildman–Crippen MR) is 79.8 cm³/mol. The molecule has 1 heterocycles. The first-order chi connectivity index (χ1) is 8.34. The van der Waals surface area contributed by atoms with Crippen molar-refractivity contribution in [3.8, 4) is 0 Å². The highest BCUT2D eigenvalue weighted by Gasteiger charge is 2.39. The van der Waals surface area contributed by atoms with E-state index in [1.54, 1.807) is 0 Å². The van der Waals surface area contributed by atoms with Gasteiger partial charge < -0.3 is 0 Å². The molecule has 0 spiro atoms. The lowest BCUT2D eigenvalue weighted by molar-refractivity contribution is 0.00804. The molecular weight excluding hydrogens is 218 g/mol. The fraction of sp³-hybridized carbons (Fsp3) is 1.00. The van der Waals surface area contributed by atoms with Crippen molar-refractivity contribution in [2.24, 2.45) is 16.7 Å². The molecule has 0 N–H and O–H groups in total. The summed E-state index contributed by atoms with van der Waals surface area (Å²) in [5.74, 6) is 0.951. The summed E-state index contributed by atoms with van der Waals surface area (Å²) in [5.41, 5.74) is 1.10. The van der Waals surface area contributed by atoms with Crippen LogP contribution in [0.15, 0.2) is 0 Å². The van der Waals surface area contributed by atoms with E-state index in [1.165, 1.54) is 51.6 Å². The van der Waals surface area contributed by atoms with Gasteiger partial charge in [0, 0.05) is 12.6 Å². The molecule has 2 fully saturated rings. The number of nitrogens with zero attached hydrogens (tertiary/aromatic N) is 1. The third-order valence-corrected chi connectivity index (χ3v) is 5.65. The van der Waals surface area contributed by atoms with Gasteiger partial charge >= 0.3 is 0 Å². The van der Waals surface area contributed by atoms with Gasteiger partial charge in [-0.15, -0.1) is 0 Å². The van der Waals surface area contributed by atoms with Crippen LogP contribution in [0.3, 0.4) is 0 Å². The standard InChI is InChI=1S/C17H33N/c1-6-14-8-9-15(12-17(14,4)5)18-11-7-10-16(2,3)13-18/h14-15H,6-13H2,1-5H3/t14-,15+/m1/s1. The van der Waals surface area contributed by atoms with Crippen LogP contribution < -0.4 is 0 Å². The van der Waals surface area contributed by atoms with Crippen LogP contribution >= 0.6 is 0 Å². The second-order valence-corrected chi connectivity index (χ2v) is 8.27. The number of likely N-dealkylation sites (tertiary alicyclic amines) is 1. The molecule has 18 heavy (non-hydrogen) atoms. The molecule has 1 saturated carbocycles. The van der Waals surface area contributed by atoms with Crippen molar-refractivity contribution < 1.29 is 0 Å². The Morgan fingerprint density at radius 1 is 1.11 bits per heavy atom. The predicted octanol–water partition coefficient (Wildman–Crippen LogP) is 4.71. The van der Waals surface area contributed by atoms with E-state index in [2.05, 4.69) is 39.5 Å². The minimum absolute atomic E-state index is 0.546. The van der Waals surface area contributed by atoms with Gasteiger partial charge in [-0.05, 0) is 55.4 Å². The topological polar surface area (TPSA) is 3.24 Å². The molecule has 1 heteroatoms. The van der Waals surface area contributed by atoms with Crippen LogP contribution in [0, 0.1) is 16.7 Å². The van der Waals surface area contributed by atoms with Crippen LogP contribution in [-0.4, -0.2) is 24.0 Å². The average molecular weight is 251 g/mol. The summed E-state index contributed by atoms with van der Waals surface area (Å²) in [6, 6.07) is 0.863. The minimum Gasteiger partial charge on any atom is -0.300 e. The summed E-state index contributed by atoms with van der Waals surface area (Å²) >= 11 is 0. The van der Waals surface area contributed by atoms with Crippen molar-refractivity contribution in [1.82, 2.24) is 4.90 Å². The van der Waals surface area contributed by atoms with Crippen molar-refractivity contribution in [2.45, 2.75) is 79.2 Å². The van der Waals surface area contributed by atoms with Crippen molar-refractivity contribution in [1.29, 1.82) is 0 Å². The first-order valence-corrected chi connectivity index (χ1v) is 8.08. The molecule has 0 unspecified atom stereocenters. The molecule has 0 aromatic carbocycles. The maximum absolute atomic E-state index is 2.82. The molecule has 2 aliphatic rings. The molecule has 1 aliphatic heterocycles. The SMILES string of the molecule is CC[C@@H]1CC[C@H](N2CCCC(C)(C)C2)CC1(C)C. The Bertz CT molecular complexity index is 279. The lowest BCUT2D eigenvalue weighted by Gasteiger charge is -2.49. The summed E-state index contributed by atoms with van der Waals surface area (Å²) < 4.78 is 0. The van der Waals surface area contributed by atoms with Crippen molar-refractivity contribution >= 4 is 0 Å². The minimum atomic E-state index is 0.546. The van der Waals surface area contributed by atoms with E-state index in [-0.39, 0.29) is 0 Å². The van der Waals surface area contributed by atoms with E-state index >= 15 is 0 Å². The lowest BCUT2D eigenvalue weighted by atomic mass is 9.65. The van der Waals surface area contributed by atoms with Crippen LogP contribution in [0.1, 0.15) is 73.1 Å². The molecule has 106 valence electrons. The Labute approximate surface area is 114 Å². The molecule has 1 saturated heterocycles. The number of hydrogen-bond acceptors (Lipinski definition) is 1. The monoisotopic (exact) mass is 251 g/mol. The average Bonchev–Trinajstić information content (AvgIpc) is 2.26. The van der Waals surface area contributed by atoms with E-state index in [1.807, 2.05) is 0 Å². The highest BCUT2D eigenvalue weighted by Crippen LogP contribution is 2.45. The van der Waals surface area contributed by atoms with Gasteiger partial charge in [-0.2, -0.15) is 0 Å². The van der Waals surface area contributed by atoms with E-state index < -0.39 is 0 Å². The van der Waals surface area contributed by atoms with Gasteiger partial charge in [0.15, 0.2) is 0 Å². The maximum Gasteiger partial charge on any atom is 0.0101 e. The van der Waals surface area contributed by atoms with E-state index in [4.69, 9.17) is 0 Å². The van der Waals surface area contributed by atoms with Gasteiger partial charge in [-0.1, -0.05) is 41.0 Å². The highest BCUT2D eigenvalue weighted by molar-refractivity contribution is 4.92. The van der Waals surface area contributed by atoms with Crippen molar-refractivity contribution in [3.05, 3.63) is 0 Å². The van der Waals surface area contributed by atoms with E-state index in [9.17, 15) is 0 Å². The Kier molecular flexibility index (Phi) is 4.11. The van der Waals surface area contributed by atoms with Crippen molar-refractivity contribution in [2.75, 3.05) is 13.1 Å². The molecule has 0 aromatic heterocycles. The molecule has 0 radical (unpaired) electrons. The fourth-order valence-corrected chi connectivity index (χ4v) is 4.51. The Hall–Kier alpha value is -0.0400. The number of rotatable bonds is 2. The molecule has 0 bridgehead atoms. The Balaban J connectivity index is 1.98. The van der Waals surface area contributed by atoms with Gasteiger partial charge in [0.25, 0.3) is 0 Å². The summed E-state index contributed by atoms with van der Waals surface area (Å²) in [5, 5.41) is 0. The summed E-state index contributed by atoms with van der Waals surface area (Å²) in [6.45, 7) is 14.9. The second kappa shape index (κ2) is 5.15. The molecular formula is C17H33N. The number of piperidine rings is 1. The third kappa shape index (κ3) is 3.10. The largest absolute Gasteiger partial charge is 0.300 e. The molecule has 0 amide bonds. The lowest BCUT2D eigenvalue weighted by Crippen LogP contribution is -2.50. The third-order valence-electron chi connectivity index (χ3n) is 5.65. The smallest absolute Gasteiger partial charge is 0.0101 e. The molecule has 1 aliphatic carbocycles. The summed E-state index contributed by atoms with van der Waals surface area (Å²) in [4.78, 5) is 2.82. The molecule has 0 aromatic rings. The fourth-order valence-electron chi connectivity index (χ4n) is 4.51. The van der Waals surface area contributed by atoms with Gasteiger partial charge in [0.1, 0.15) is 0 Å².